The lowest BCUT2D eigenvalue weighted by Gasteiger charge is -2.21. The van der Waals surface area contributed by atoms with Crippen LogP contribution in [0.25, 0.3) is 0 Å². The molecule has 2 aliphatic heterocycles. The van der Waals surface area contributed by atoms with Crippen LogP contribution in [0.3, 0.4) is 0 Å². The van der Waals surface area contributed by atoms with Crippen molar-refractivity contribution in [3.05, 3.63) is 18.5 Å². The summed E-state index contributed by atoms with van der Waals surface area (Å²) in [5, 5.41) is 6.64. The molecule has 2 bridgehead atoms. The molecule has 2 N–H and O–H groups in total. The van der Waals surface area contributed by atoms with E-state index in [4.69, 9.17) is 0 Å². The topological polar surface area (TPSA) is 46.1 Å². The lowest BCUT2D eigenvalue weighted by Crippen LogP contribution is -2.44. The van der Waals surface area contributed by atoms with Gasteiger partial charge in [0, 0.05) is 35.4 Å². The van der Waals surface area contributed by atoms with Crippen LogP contribution in [0.2, 0.25) is 0 Å². The highest BCUT2D eigenvalue weighted by molar-refractivity contribution is 7.98. The predicted molar refractivity (Wildman–Crippen MR) is 68.5 cm³/mol. The molecule has 4 nitrogen and oxygen atoms in total. The first kappa shape index (κ1) is 11.2. The van der Waals surface area contributed by atoms with E-state index in [1.807, 2.05) is 24.7 Å². The lowest BCUT2D eigenvalue weighted by molar-refractivity contribution is 0.236. The fourth-order valence-electron chi connectivity index (χ4n) is 2.84. The van der Waals surface area contributed by atoms with Crippen LogP contribution in [0.1, 0.15) is 19.3 Å². The van der Waals surface area contributed by atoms with Gasteiger partial charge in [-0.05, 0) is 31.6 Å². The molecule has 3 heterocycles. The smallest absolute Gasteiger partial charge is 0.325 e. The molecule has 1 aromatic heterocycles. The highest BCUT2D eigenvalue weighted by atomic mass is 32.2. The van der Waals surface area contributed by atoms with Gasteiger partial charge in [0.15, 0.2) is 0 Å². The Hall–Kier alpha value is -0.940. The van der Waals surface area contributed by atoms with Crippen molar-refractivity contribution in [1.29, 1.82) is 0 Å². The number of fused-ring (bicyclic) bond motifs is 2. The van der Waals surface area contributed by atoms with Gasteiger partial charge in [-0.2, -0.15) is 0 Å². The summed E-state index contributed by atoms with van der Waals surface area (Å²) in [7, 11) is 0. The summed E-state index contributed by atoms with van der Waals surface area (Å²) < 4.78 is 1.64. The van der Waals surface area contributed by atoms with Gasteiger partial charge < -0.3 is 10.6 Å². The average molecular weight is 251 g/mol. The first-order chi connectivity index (χ1) is 8.26. The van der Waals surface area contributed by atoms with Crippen molar-refractivity contribution in [3.63, 3.8) is 0 Å². The third kappa shape index (κ3) is 2.09. The number of rotatable bonds is 2. The summed E-state index contributed by atoms with van der Waals surface area (Å²) in [6, 6.07) is 3.37. The van der Waals surface area contributed by atoms with Crippen molar-refractivity contribution in [1.82, 2.24) is 15.2 Å². The molecular weight excluding hydrogens is 234 g/mol. The van der Waals surface area contributed by atoms with Crippen molar-refractivity contribution >= 4 is 17.8 Å². The number of nitrogens with one attached hydrogen (secondary N) is 2. The van der Waals surface area contributed by atoms with Gasteiger partial charge in [0.1, 0.15) is 0 Å². The maximum atomic E-state index is 12.0. The Morgan fingerprint density at radius 1 is 1.59 bits per heavy atom. The summed E-state index contributed by atoms with van der Waals surface area (Å²) in [6.45, 7) is 0. The predicted octanol–water partition coefficient (Wildman–Crippen LogP) is 1.66. The highest BCUT2D eigenvalue weighted by Gasteiger charge is 2.39. The third-order valence-electron chi connectivity index (χ3n) is 3.74. The van der Waals surface area contributed by atoms with Crippen LogP contribution < -0.4 is 10.6 Å². The highest BCUT2D eigenvalue weighted by Crippen LogP contribution is 2.28. The van der Waals surface area contributed by atoms with E-state index in [1.165, 1.54) is 12.8 Å². The van der Waals surface area contributed by atoms with Gasteiger partial charge in [0.2, 0.25) is 0 Å². The third-order valence-corrected chi connectivity index (χ3v) is 4.46. The largest absolute Gasteiger partial charge is 0.333 e. The molecule has 0 aliphatic carbocycles. The molecule has 3 unspecified atom stereocenters. The van der Waals surface area contributed by atoms with Crippen LogP contribution in [-0.2, 0) is 0 Å². The molecule has 1 aromatic rings. The SMILES string of the molecule is CSc1ccn(C(=O)NC2CC3CCC2N3)c1. The summed E-state index contributed by atoms with van der Waals surface area (Å²) in [4.78, 5) is 13.1. The van der Waals surface area contributed by atoms with Crippen LogP contribution in [0.5, 0.6) is 0 Å². The van der Waals surface area contributed by atoms with Crippen molar-refractivity contribution in [2.45, 2.75) is 42.3 Å². The summed E-state index contributed by atoms with van der Waals surface area (Å²) in [6.07, 6.45) is 9.24. The van der Waals surface area contributed by atoms with Crippen LogP contribution >= 0.6 is 11.8 Å². The molecule has 92 valence electrons. The van der Waals surface area contributed by atoms with E-state index in [2.05, 4.69) is 10.6 Å². The number of carbonyl (C=O) groups excluding carboxylic acids is 1. The van der Waals surface area contributed by atoms with Crippen LogP contribution in [0.15, 0.2) is 23.4 Å². The number of carbonyl (C=O) groups is 1. The zero-order chi connectivity index (χ0) is 11.8. The zero-order valence-electron chi connectivity index (χ0n) is 9.85. The quantitative estimate of drug-likeness (QED) is 0.786. The van der Waals surface area contributed by atoms with E-state index in [1.54, 1.807) is 16.3 Å². The molecule has 3 atom stereocenters. The molecule has 17 heavy (non-hydrogen) atoms. The summed E-state index contributed by atoms with van der Waals surface area (Å²) in [5.41, 5.74) is 0. The van der Waals surface area contributed by atoms with E-state index >= 15 is 0 Å². The molecule has 1 amide bonds. The van der Waals surface area contributed by atoms with Crippen molar-refractivity contribution in [2.24, 2.45) is 0 Å². The van der Waals surface area contributed by atoms with E-state index in [0.717, 1.165) is 11.3 Å². The number of hydrogen-bond donors (Lipinski definition) is 2. The van der Waals surface area contributed by atoms with Gasteiger partial charge in [-0.1, -0.05) is 0 Å². The Labute approximate surface area is 105 Å². The fourth-order valence-corrected chi connectivity index (χ4v) is 3.26. The minimum absolute atomic E-state index is 0.00958. The van der Waals surface area contributed by atoms with Gasteiger partial charge in [-0.3, -0.25) is 4.57 Å². The minimum atomic E-state index is -0.00958. The van der Waals surface area contributed by atoms with E-state index in [-0.39, 0.29) is 6.03 Å². The number of nitrogens with zero attached hydrogens (tertiary/aromatic N) is 1. The van der Waals surface area contributed by atoms with Gasteiger partial charge in [-0.15, -0.1) is 11.8 Å². The molecule has 2 saturated heterocycles. The van der Waals surface area contributed by atoms with Crippen LogP contribution in [0.4, 0.5) is 4.79 Å². The Morgan fingerprint density at radius 2 is 2.47 bits per heavy atom. The van der Waals surface area contributed by atoms with Gasteiger partial charge in [0.25, 0.3) is 0 Å². The molecule has 2 fully saturated rings. The zero-order valence-corrected chi connectivity index (χ0v) is 10.7. The molecule has 0 saturated carbocycles. The maximum absolute atomic E-state index is 12.0. The van der Waals surface area contributed by atoms with Crippen molar-refractivity contribution in [2.75, 3.05) is 6.26 Å². The van der Waals surface area contributed by atoms with Crippen LogP contribution in [-0.4, -0.2) is 35.0 Å². The molecule has 5 heteroatoms. The summed E-state index contributed by atoms with van der Waals surface area (Å²) >= 11 is 1.65. The van der Waals surface area contributed by atoms with Crippen molar-refractivity contribution < 1.29 is 4.79 Å². The second-order valence-corrected chi connectivity index (χ2v) is 5.68. The lowest BCUT2D eigenvalue weighted by atomic mass is 9.96. The molecule has 0 aromatic carbocycles. The first-order valence-electron chi connectivity index (χ1n) is 6.05. The Bertz CT molecular complexity index is 431. The Balaban J connectivity index is 1.63. The van der Waals surface area contributed by atoms with Crippen LogP contribution in [0, 0.1) is 0 Å². The van der Waals surface area contributed by atoms with Gasteiger partial charge in [-0.25, -0.2) is 4.79 Å². The van der Waals surface area contributed by atoms with E-state index in [0.29, 0.717) is 18.1 Å². The van der Waals surface area contributed by atoms with Gasteiger partial charge in [0.05, 0.1) is 0 Å². The monoisotopic (exact) mass is 251 g/mol. The Kier molecular flexibility index (Phi) is 2.88. The fraction of sp³-hybridized carbons (Fsp3) is 0.583. The normalized spacial score (nSPS) is 30.8. The number of amides is 1. The maximum Gasteiger partial charge on any atom is 0.325 e. The second-order valence-electron chi connectivity index (χ2n) is 4.80. The second kappa shape index (κ2) is 4.38. The molecule has 0 spiro atoms. The van der Waals surface area contributed by atoms with Crippen molar-refractivity contribution in [3.8, 4) is 0 Å². The molecule has 2 aliphatic rings. The summed E-state index contributed by atoms with van der Waals surface area (Å²) in [5.74, 6) is 0. The molecule has 3 rings (SSSR count). The Morgan fingerprint density at radius 3 is 3.06 bits per heavy atom. The molecular formula is C12H17N3OS. The minimum Gasteiger partial charge on any atom is -0.333 e. The number of hydrogen-bond acceptors (Lipinski definition) is 3. The molecule has 0 radical (unpaired) electrons. The average Bonchev–Trinajstić information content (AvgIpc) is 3.04. The first-order valence-corrected chi connectivity index (χ1v) is 7.27. The standard InChI is InChI=1S/C12H17N3OS/c1-17-9-4-5-15(7-9)12(16)14-11-6-8-2-3-10(11)13-8/h4-5,7-8,10-11,13H,2-3,6H2,1H3,(H,14,16). The number of thioether (sulfide) groups is 1. The van der Waals surface area contributed by atoms with E-state index in [9.17, 15) is 4.79 Å². The van der Waals surface area contributed by atoms with E-state index < -0.39 is 0 Å². The van der Waals surface area contributed by atoms with Gasteiger partial charge >= 0.3 is 6.03 Å². The number of aromatic nitrogens is 1.